The zero-order chi connectivity index (χ0) is 20.3. The summed E-state index contributed by atoms with van der Waals surface area (Å²) < 4.78 is 44.1. The van der Waals surface area contributed by atoms with E-state index in [1.54, 1.807) is 0 Å². The number of amides is 1. The maximum absolute atomic E-state index is 12.7. The molecule has 0 aliphatic heterocycles. The largest absolute Gasteiger partial charge is 0.416 e. The maximum Gasteiger partial charge on any atom is 0.416 e. The monoisotopic (exact) mass is 396 g/mol. The third kappa shape index (κ3) is 4.49. The maximum atomic E-state index is 12.7. The molecule has 0 fully saturated rings. The van der Waals surface area contributed by atoms with Gasteiger partial charge in [0.05, 0.1) is 10.5 Å². The second-order valence-electron chi connectivity index (χ2n) is 5.55. The molecule has 0 radical (unpaired) electrons. The van der Waals surface area contributed by atoms with Gasteiger partial charge in [0.1, 0.15) is 18.9 Å². The first-order chi connectivity index (χ1) is 13.2. The molecule has 3 rings (SSSR count). The van der Waals surface area contributed by atoms with Crippen molar-refractivity contribution in [1.29, 1.82) is 0 Å². The van der Waals surface area contributed by atoms with Crippen LogP contribution in [0.25, 0.3) is 0 Å². The van der Waals surface area contributed by atoms with Crippen LogP contribution in [0.5, 0.6) is 0 Å². The first-order valence-corrected chi connectivity index (χ1v) is 7.66. The fourth-order valence-electron chi connectivity index (χ4n) is 2.20. The van der Waals surface area contributed by atoms with Gasteiger partial charge in [0.2, 0.25) is 0 Å². The summed E-state index contributed by atoms with van der Waals surface area (Å²) in [7, 11) is 0. The van der Waals surface area contributed by atoms with Crippen molar-refractivity contribution >= 4 is 11.6 Å². The number of alkyl halides is 3. The number of benzene rings is 1. The second kappa shape index (κ2) is 7.46. The molecule has 0 saturated heterocycles. The van der Waals surface area contributed by atoms with Crippen LogP contribution in [0.4, 0.5) is 18.9 Å². The molecule has 0 unspecified atom stereocenters. The van der Waals surface area contributed by atoms with Crippen LogP contribution >= 0.6 is 0 Å². The van der Waals surface area contributed by atoms with E-state index >= 15 is 0 Å². The first-order valence-electron chi connectivity index (χ1n) is 7.66. The second-order valence-corrected chi connectivity index (χ2v) is 5.55. The Hall–Kier alpha value is -3.77. The highest BCUT2D eigenvalue weighted by molar-refractivity contribution is 5.89. The minimum absolute atomic E-state index is 0.0437. The van der Waals surface area contributed by atoms with E-state index in [1.165, 1.54) is 16.8 Å². The summed E-state index contributed by atoms with van der Waals surface area (Å²) in [5.74, 6) is -1.13. The molecule has 1 N–H and O–H groups in total. The van der Waals surface area contributed by atoms with Crippen LogP contribution in [0.1, 0.15) is 27.6 Å². The van der Waals surface area contributed by atoms with Crippen molar-refractivity contribution in [2.24, 2.45) is 0 Å². The van der Waals surface area contributed by atoms with E-state index in [9.17, 15) is 28.1 Å². The molecule has 146 valence electrons. The summed E-state index contributed by atoms with van der Waals surface area (Å²) in [6, 6.07) is 4.51. The van der Waals surface area contributed by atoms with E-state index in [1.807, 2.05) is 0 Å². The summed E-state index contributed by atoms with van der Waals surface area (Å²) in [6.45, 7) is -0.246. The van der Waals surface area contributed by atoms with Gasteiger partial charge < -0.3 is 9.84 Å². The number of hydrogen-bond donors (Lipinski definition) is 1. The molecule has 2 heterocycles. The van der Waals surface area contributed by atoms with Gasteiger partial charge in [-0.15, -0.1) is 0 Å². The fourth-order valence-corrected chi connectivity index (χ4v) is 2.20. The average molecular weight is 396 g/mol. The fraction of sp³-hybridized carbons (Fsp3) is 0.200. The van der Waals surface area contributed by atoms with Crippen LogP contribution in [0.15, 0.2) is 41.2 Å². The van der Waals surface area contributed by atoms with Crippen LogP contribution in [-0.4, -0.2) is 30.8 Å². The minimum Gasteiger partial charge on any atom is -0.344 e. The van der Waals surface area contributed by atoms with E-state index < -0.39 is 28.5 Å². The first kappa shape index (κ1) is 19.0. The molecule has 28 heavy (non-hydrogen) atoms. The van der Waals surface area contributed by atoms with E-state index in [0.717, 1.165) is 24.5 Å². The van der Waals surface area contributed by atoms with Crippen LogP contribution in [0, 0.1) is 10.1 Å². The molecule has 0 aliphatic carbocycles. The van der Waals surface area contributed by atoms with E-state index in [0.29, 0.717) is 0 Å². The Morgan fingerprint density at radius 3 is 2.82 bits per heavy atom. The van der Waals surface area contributed by atoms with E-state index in [-0.39, 0.29) is 30.2 Å². The van der Waals surface area contributed by atoms with Gasteiger partial charge in [0.25, 0.3) is 0 Å². The molecule has 10 nitrogen and oxygen atoms in total. The number of hydrogen-bond acceptors (Lipinski definition) is 7. The Morgan fingerprint density at radius 2 is 2.14 bits per heavy atom. The molecule has 2 aromatic heterocycles. The van der Waals surface area contributed by atoms with Crippen LogP contribution < -0.4 is 5.32 Å². The van der Waals surface area contributed by atoms with Gasteiger partial charge in [-0.3, -0.25) is 19.6 Å². The molecule has 0 saturated carbocycles. The highest BCUT2D eigenvalue weighted by Crippen LogP contribution is 2.29. The van der Waals surface area contributed by atoms with Gasteiger partial charge in [-0.25, -0.2) is 0 Å². The number of nitrogens with one attached hydrogen (secondary N) is 1. The molecule has 1 aromatic carbocycles. The molecule has 3 aromatic rings. The van der Waals surface area contributed by atoms with Gasteiger partial charge in [-0.05, 0) is 17.7 Å². The number of carbonyl (C=O) groups is 1. The Morgan fingerprint density at radius 1 is 1.36 bits per heavy atom. The van der Waals surface area contributed by atoms with Crippen LogP contribution in [0.2, 0.25) is 0 Å². The predicted octanol–water partition coefficient (Wildman–Crippen LogP) is 2.17. The SMILES string of the molecule is O=C(NCc1cccc(C(F)(F)F)c1)c1nc(Cn2cc([N+](=O)[O-])cn2)no1. The third-order valence-electron chi connectivity index (χ3n) is 3.50. The smallest absolute Gasteiger partial charge is 0.344 e. The van der Waals surface area contributed by atoms with Crippen molar-refractivity contribution < 1.29 is 27.4 Å². The van der Waals surface area contributed by atoms with Gasteiger partial charge in [0.15, 0.2) is 5.82 Å². The number of aromatic nitrogens is 4. The van der Waals surface area contributed by atoms with Crippen molar-refractivity contribution in [3.8, 4) is 0 Å². The van der Waals surface area contributed by atoms with Crippen molar-refractivity contribution in [1.82, 2.24) is 25.2 Å². The summed E-state index contributed by atoms with van der Waals surface area (Å²) in [5, 5.41) is 20.3. The van der Waals surface area contributed by atoms with Crippen molar-refractivity contribution in [3.63, 3.8) is 0 Å². The van der Waals surface area contributed by atoms with Gasteiger partial charge in [-0.1, -0.05) is 17.3 Å². The van der Waals surface area contributed by atoms with Gasteiger partial charge in [-0.2, -0.15) is 23.3 Å². The zero-order valence-electron chi connectivity index (χ0n) is 13.9. The standard InChI is InChI=1S/C15H11F3N6O4/c16-15(17,18)10-3-1-2-9(4-10)5-19-13(25)14-21-12(22-28-14)8-23-7-11(6-20-23)24(26)27/h1-4,6-7H,5,8H2,(H,19,25). The van der Waals surface area contributed by atoms with Crippen molar-refractivity contribution in [2.45, 2.75) is 19.3 Å². The molecule has 0 atom stereocenters. The lowest BCUT2D eigenvalue weighted by atomic mass is 10.1. The Balaban J connectivity index is 1.60. The Kier molecular flexibility index (Phi) is 5.06. The number of carbonyl (C=O) groups excluding carboxylic acids is 1. The van der Waals surface area contributed by atoms with Crippen LogP contribution in [-0.2, 0) is 19.3 Å². The molecule has 0 spiro atoms. The number of nitrogens with zero attached hydrogens (tertiary/aromatic N) is 5. The summed E-state index contributed by atoms with van der Waals surface area (Å²) >= 11 is 0. The van der Waals surface area contributed by atoms with E-state index in [2.05, 4.69) is 20.6 Å². The number of halogens is 3. The molecule has 1 amide bonds. The lowest BCUT2D eigenvalue weighted by Crippen LogP contribution is -2.23. The molecular formula is C15H11F3N6O4. The molecule has 13 heteroatoms. The highest BCUT2D eigenvalue weighted by atomic mass is 19.4. The normalized spacial score (nSPS) is 11.4. The third-order valence-corrected chi connectivity index (χ3v) is 3.50. The Labute approximate surface area is 154 Å². The number of nitro groups is 1. The van der Waals surface area contributed by atoms with Crippen molar-refractivity contribution in [2.75, 3.05) is 0 Å². The highest BCUT2D eigenvalue weighted by Gasteiger charge is 2.30. The minimum atomic E-state index is -4.48. The molecular weight excluding hydrogens is 385 g/mol. The molecule has 0 aliphatic rings. The van der Waals surface area contributed by atoms with Crippen molar-refractivity contribution in [3.05, 3.63) is 69.6 Å². The molecule has 0 bridgehead atoms. The zero-order valence-corrected chi connectivity index (χ0v) is 13.9. The summed E-state index contributed by atoms with van der Waals surface area (Å²) in [4.78, 5) is 25.8. The van der Waals surface area contributed by atoms with Gasteiger partial charge in [0, 0.05) is 6.54 Å². The van der Waals surface area contributed by atoms with Gasteiger partial charge >= 0.3 is 23.7 Å². The quantitative estimate of drug-likeness (QED) is 0.499. The van der Waals surface area contributed by atoms with E-state index in [4.69, 9.17) is 4.52 Å². The average Bonchev–Trinajstić information content (AvgIpc) is 3.29. The van der Waals surface area contributed by atoms with Crippen LogP contribution in [0.3, 0.4) is 0 Å². The number of rotatable bonds is 6. The lowest BCUT2D eigenvalue weighted by molar-refractivity contribution is -0.385. The summed E-state index contributed by atoms with van der Waals surface area (Å²) in [6.07, 6.45) is -2.28. The summed E-state index contributed by atoms with van der Waals surface area (Å²) in [5.41, 5.74) is -0.804. The lowest BCUT2D eigenvalue weighted by Gasteiger charge is -2.08. The Bertz CT molecular complexity index is 1010. The topological polar surface area (TPSA) is 129 Å². The predicted molar refractivity (Wildman–Crippen MR) is 84.9 cm³/mol.